The summed E-state index contributed by atoms with van der Waals surface area (Å²) in [6, 6.07) is 68.9. The monoisotopic (exact) mass is 742 g/mol. The third kappa shape index (κ3) is 5.50. The van der Waals surface area contributed by atoms with Crippen LogP contribution in [0.1, 0.15) is 25.0 Å². The maximum atomic E-state index is 7.27. The molecule has 2 heterocycles. The van der Waals surface area contributed by atoms with Crippen LogP contribution >= 0.6 is 0 Å². The van der Waals surface area contributed by atoms with Gasteiger partial charge in [-0.15, -0.1) is 0 Å². The Morgan fingerprint density at radius 2 is 0.828 bits per heavy atom. The Hall–Kier alpha value is -7.36. The molecule has 0 atom stereocenters. The van der Waals surface area contributed by atoms with Crippen molar-refractivity contribution in [2.75, 3.05) is 0 Å². The lowest BCUT2D eigenvalue weighted by molar-refractivity contribution is 0.484. The molecule has 0 spiro atoms. The van der Waals surface area contributed by atoms with Crippen molar-refractivity contribution in [3.8, 4) is 101 Å². The minimum absolute atomic E-state index is 0.209. The van der Waals surface area contributed by atoms with Crippen molar-refractivity contribution >= 4 is 0 Å². The van der Waals surface area contributed by atoms with E-state index in [4.69, 9.17) is 14.7 Å². The zero-order valence-corrected chi connectivity index (χ0v) is 32.3. The van der Waals surface area contributed by atoms with Crippen molar-refractivity contribution in [3.63, 3.8) is 0 Å². The fourth-order valence-corrected chi connectivity index (χ4v) is 9.06. The van der Waals surface area contributed by atoms with Gasteiger partial charge in [-0.05, 0) is 86.0 Å². The molecule has 0 fully saturated rings. The highest BCUT2D eigenvalue weighted by Crippen LogP contribution is 2.55. The zero-order valence-electron chi connectivity index (χ0n) is 32.3. The van der Waals surface area contributed by atoms with Gasteiger partial charge in [-0.25, -0.2) is 9.97 Å². The summed E-state index contributed by atoms with van der Waals surface area (Å²) < 4.78 is 7.27. The average molecular weight is 743 g/mol. The second kappa shape index (κ2) is 13.4. The van der Waals surface area contributed by atoms with E-state index in [-0.39, 0.29) is 5.41 Å². The summed E-state index contributed by atoms with van der Waals surface area (Å²) >= 11 is 0. The highest BCUT2D eigenvalue weighted by atomic mass is 16.5. The summed E-state index contributed by atoms with van der Waals surface area (Å²) in [6.45, 7) is 4.65. The third-order valence-electron chi connectivity index (χ3n) is 11.9. The van der Waals surface area contributed by atoms with E-state index in [9.17, 15) is 0 Å². The molecule has 0 amide bonds. The summed E-state index contributed by atoms with van der Waals surface area (Å²) in [5.74, 6) is 2.29. The number of rotatable bonds is 3. The van der Waals surface area contributed by atoms with Crippen LogP contribution in [0.15, 0.2) is 194 Å². The first kappa shape index (κ1) is 33.9. The topological polar surface area (TPSA) is 35.0 Å². The molecular formula is C55H38N2O. The first-order valence-corrected chi connectivity index (χ1v) is 19.9. The molecule has 0 saturated carbocycles. The normalized spacial score (nSPS) is 12.9. The van der Waals surface area contributed by atoms with Gasteiger partial charge in [0.15, 0.2) is 5.82 Å². The Bertz CT molecular complexity index is 3000. The van der Waals surface area contributed by atoms with Gasteiger partial charge in [-0.2, -0.15) is 0 Å². The highest BCUT2D eigenvalue weighted by molar-refractivity contribution is 6.00. The van der Waals surface area contributed by atoms with Crippen molar-refractivity contribution in [1.29, 1.82) is 0 Å². The van der Waals surface area contributed by atoms with Gasteiger partial charge in [0.25, 0.3) is 0 Å². The van der Waals surface area contributed by atoms with E-state index in [1.807, 2.05) is 12.1 Å². The van der Waals surface area contributed by atoms with Gasteiger partial charge in [0, 0.05) is 33.2 Å². The number of para-hydroxylation sites is 1. The van der Waals surface area contributed by atoms with Crippen LogP contribution in [0, 0.1) is 0 Å². The average Bonchev–Trinajstić information content (AvgIpc) is 3.50. The van der Waals surface area contributed by atoms with Gasteiger partial charge in [0.05, 0.1) is 11.4 Å². The van der Waals surface area contributed by atoms with Gasteiger partial charge in [0.1, 0.15) is 11.5 Å². The first-order chi connectivity index (χ1) is 28.5. The number of hydrogen-bond acceptors (Lipinski definition) is 3. The van der Waals surface area contributed by atoms with Crippen molar-refractivity contribution in [2.24, 2.45) is 0 Å². The van der Waals surface area contributed by atoms with Gasteiger partial charge in [-0.3, -0.25) is 0 Å². The SMILES string of the molecule is CC1(C)c2ccccc2-c2cc3c(cc21)Oc1ccccc1-c1ccccc1-c1ccccc1-c1ccc(-c2nc(-c4ccccc4)cc(-c4ccccc4)n2)cc1-3. The van der Waals surface area contributed by atoms with Crippen LogP contribution in [0.2, 0.25) is 0 Å². The quantitative estimate of drug-likeness (QED) is 0.181. The van der Waals surface area contributed by atoms with E-state index in [0.29, 0.717) is 5.82 Å². The molecule has 0 N–H and O–H groups in total. The van der Waals surface area contributed by atoms with E-state index < -0.39 is 0 Å². The number of fused-ring (bicyclic) bond motifs is 12. The summed E-state index contributed by atoms with van der Waals surface area (Å²) in [5, 5.41) is 0. The summed E-state index contributed by atoms with van der Waals surface area (Å²) in [7, 11) is 0. The van der Waals surface area contributed by atoms with Crippen LogP contribution in [0.4, 0.5) is 0 Å². The van der Waals surface area contributed by atoms with Crippen molar-refractivity contribution < 1.29 is 4.74 Å². The van der Waals surface area contributed by atoms with Crippen LogP contribution < -0.4 is 4.74 Å². The number of nitrogens with zero attached hydrogens (tertiary/aromatic N) is 2. The molecule has 0 radical (unpaired) electrons. The Balaban J connectivity index is 1.23. The van der Waals surface area contributed by atoms with E-state index in [0.717, 1.165) is 84.1 Å². The predicted molar refractivity (Wildman–Crippen MR) is 238 cm³/mol. The maximum absolute atomic E-state index is 7.27. The summed E-state index contributed by atoms with van der Waals surface area (Å²) in [6.07, 6.45) is 0. The highest BCUT2D eigenvalue weighted by Gasteiger charge is 2.37. The maximum Gasteiger partial charge on any atom is 0.160 e. The lowest BCUT2D eigenvalue weighted by atomic mass is 9.81. The molecule has 8 aromatic carbocycles. The Morgan fingerprint density at radius 1 is 0.328 bits per heavy atom. The molecule has 1 aliphatic heterocycles. The second-order valence-electron chi connectivity index (χ2n) is 15.7. The van der Waals surface area contributed by atoms with Gasteiger partial charge in [0.2, 0.25) is 0 Å². The molecule has 3 nitrogen and oxygen atoms in total. The van der Waals surface area contributed by atoms with Crippen LogP contribution in [0.5, 0.6) is 11.5 Å². The smallest absolute Gasteiger partial charge is 0.160 e. The lowest BCUT2D eigenvalue weighted by Crippen LogP contribution is -2.15. The zero-order chi connectivity index (χ0) is 38.8. The minimum atomic E-state index is -0.209. The van der Waals surface area contributed by atoms with E-state index in [1.54, 1.807) is 0 Å². The van der Waals surface area contributed by atoms with Gasteiger partial charge >= 0.3 is 0 Å². The second-order valence-corrected chi connectivity index (χ2v) is 15.7. The van der Waals surface area contributed by atoms with E-state index in [2.05, 4.69) is 196 Å². The molecule has 1 aliphatic carbocycles. The van der Waals surface area contributed by atoms with Crippen LogP contribution in [-0.4, -0.2) is 9.97 Å². The van der Waals surface area contributed by atoms with E-state index >= 15 is 0 Å². The van der Waals surface area contributed by atoms with Crippen molar-refractivity contribution in [1.82, 2.24) is 9.97 Å². The third-order valence-corrected chi connectivity index (χ3v) is 11.9. The molecule has 11 rings (SSSR count). The Morgan fingerprint density at radius 3 is 1.45 bits per heavy atom. The molecule has 274 valence electrons. The molecule has 1 aromatic heterocycles. The Kier molecular flexibility index (Phi) is 7.84. The molecule has 58 heavy (non-hydrogen) atoms. The van der Waals surface area contributed by atoms with Gasteiger partial charge in [-0.1, -0.05) is 178 Å². The van der Waals surface area contributed by atoms with E-state index in [1.165, 1.54) is 22.3 Å². The molecular weight excluding hydrogens is 705 g/mol. The lowest BCUT2D eigenvalue weighted by Gasteiger charge is -2.24. The molecule has 2 aliphatic rings. The number of benzene rings is 8. The van der Waals surface area contributed by atoms with Crippen LogP contribution in [-0.2, 0) is 5.41 Å². The van der Waals surface area contributed by atoms with Crippen LogP contribution in [0.25, 0.3) is 89.5 Å². The standard InChI is InChI=1S/C55H38N2O/c1-55(2)48-27-15-13-25-43(48)46-32-47-45-31-37(54-56-50(35-17-5-3-6-18-35)34-51(57-54)36-19-7-4-8-20-36)29-30-42(45)40-23-10-9-21-38(40)39-22-11-12-24-41(39)44-26-14-16-28-52(44)58-53(47)33-49(46)55/h3-34H,1-2H3. The fraction of sp³-hybridized carbons (Fsp3) is 0.0545. The summed E-state index contributed by atoms with van der Waals surface area (Å²) in [4.78, 5) is 10.5. The van der Waals surface area contributed by atoms with Crippen molar-refractivity contribution in [2.45, 2.75) is 19.3 Å². The molecule has 3 heteroatoms. The first-order valence-electron chi connectivity index (χ1n) is 19.9. The van der Waals surface area contributed by atoms with Gasteiger partial charge < -0.3 is 4.74 Å². The molecule has 0 bridgehead atoms. The van der Waals surface area contributed by atoms with Crippen LogP contribution in [0.3, 0.4) is 0 Å². The van der Waals surface area contributed by atoms with Crippen molar-refractivity contribution in [3.05, 3.63) is 205 Å². The number of ether oxygens (including phenoxy) is 1. The molecule has 0 unspecified atom stereocenters. The molecule has 0 saturated heterocycles. The predicted octanol–water partition coefficient (Wildman–Crippen LogP) is 14.6. The fourth-order valence-electron chi connectivity index (χ4n) is 9.06. The summed E-state index contributed by atoms with van der Waals surface area (Å²) in [5.41, 5.74) is 18.4. The number of aromatic nitrogens is 2. The Labute approximate surface area is 339 Å². The number of hydrogen-bond donors (Lipinski definition) is 0. The molecule has 9 aromatic rings. The largest absolute Gasteiger partial charge is 0.456 e. The minimum Gasteiger partial charge on any atom is -0.456 e.